The molecule has 0 fully saturated rings. The van der Waals surface area contributed by atoms with Gasteiger partial charge in [-0.25, -0.2) is 17.9 Å². The number of rotatable bonds is 10. The summed E-state index contributed by atoms with van der Waals surface area (Å²) in [7, 11) is -0.943. The summed E-state index contributed by atoms with van der Waals surface area (Å²) >= 11 is 5.83. The third-order valence-corrected chi connectivity index (χ3v) is 7.88. The minimum absolute atomic E-state index is 0.0652. The normalized spacial score (nSPS) is 14.8. The lowest BCUT2D eigenvalue weighted by atomic mass is 10.1. The molecule has 0 atom stereocenters. The Balaban J connectivity index is 1.50. The van der Waals surface area contributed by atoms with Crippen molar-refractivity contribution < 1.29 is 31.9 Å². The van der Waals surface area contributed by atoms with Gasteiger partial charge in [-0.3, -0.25) is 4.79 Å². The Morgan fingerprint density at radius 1 is 1.05 bits per heavy atom. The van der Waals surface area contributed by atoms with Crippen molar-refractivity contribution in [3.8, 4) is 5.75 Å². The number of hydrogen-bond donors (Lipinski definition) is 1. The lowest BCUT2D eigenvalue weighted by Crippen LogP contribution is -2.27. The molecule has 0 saturated carbocycles. The van der Waals surface area contributed by atoms with Crippen molar-refractivity contribution in [2.24, 2.45) is 0 Å². The van der Waals surface area contributed by atoms with Crippen LogP contribution < -0.4 is 9.46 Å². The standard InChI is InChI=1S/C28H27ClN2O7S/c1-18-26(28(33)37-3)25(27(32)31(18)15-14-19-4-8-21(36-2)9-5-19)16-22-10-11-23(38-22)17-30-39(34,35)24-12-6-20(29)7-13-24/h4-13,16,30H,14-15,17H2,1-3H3/b25-16-. The molecule has 1 N–H and O–H groups in total. The van der Waals surface area contributed by atoms with Crippen LogP contribution in [-0.2, 0) is 37.3 Å². The molecule has 0 saturated heterocycles. The summed E-state index contributed by atoms with van der Waals surface area (Å²) in [4.78, 5) is 27.6. The molecule has 3 aromatic rings. The van der Waals surface area contributed by atoms with Crippen LogP contribution in [0.5, 0.6) is 5.75 Å². The largest absolute Gasteiger partial charge is 0.497 e. The first-order valence-electron chi connectivity index (χ1n) is 11.9. The van der Waals surface area contributed by atoms with Gasteiger partial charge in [0.25, 0.3) is 5.91 Å². The van der Waals surface area contributed by atoms with Gasteiger partial charge in [0.15, 0.2) is 0 Å². The number of nitrogens with one attached hydrogen (secondary N) is 1. The van der Waals surface area contributed by atoms with Crippen LogP contribution in [0.15, 0.2) is 86.8 Å². The second kappa shape index (κ2) is 11.9. The van der Waals surface area contributed by atoms with Gasteiger partial charge in [-0.15, -0.1) is 0 Å². The smallest absolute Gasteiger partial charge is 0.340 e. The first-order valence-corrected chi connectivity index (χ1v) is 13.8. The van der Waals surface area contributed by atoms with Crippen molar-refractivity contribution in [2.75, 3.05) is 20.8 Å². The van der Waals surface area contributed by atoms with Crippen molar-refractivity contribution in [1.82, 2.24) is 9.62 Å². The molecule has 204 valence electrons. The van der Waals surface area contributed by atoms with Crippen molar-refractivity contribution in [1.29, 1.82) is 0 Å². The first-order chi connectivity index (χ1) is 18.6. The molecule has 11 heteroatoms. The summed E-state index contributed by atoms with van der Waals surface area (Å²) in [6, 6.07) is 16.5. The van der Waals surface area contributed by atoms with Crippen LogP contribution in [0.4, 0.5) is 0 Å². The Labute approximate surface area is 231 Å². The van der Waals surface area contributed by atoms with Gasteiger partial charge in [-0.2, -0.15) is 0 Å². The number of ether oxygens (including phenoxy) is 2. The van der Waals surface area contributed by atoms with Gasteiger partial charge in [-0.1, -0.05) is 23.7 Å². The Bertz CT molecular complexity index is 1540. The van der Waals surface area contributed by atoms with Crippen LogP contribution >= 0.6 is 11.6 Å². The van der Waals surface area contributed by atoms with E-state index in [-0.39, 0.29) is 34.3 Å². The Kier molecular flexibility index (Phi) is 8.59. The second-order valence-electron chi connectivity index (χ2n) is 8.65. The molecule has 0 aliphatic carbocycles. The number of hydrogen-bond acceptors (Lipinski definition) is 7. The van der Waals surface area contributed by atoms with E-state index in [9.17, 15) is 18.0 Å². The molecule has 0 spiro atoms. The number of amides is 1. The fourth-order valence-corrected chi connectivity index (χ4v) is 5.22. The van der Waals surface area contributed by atoms with Crippen LogP contribution in [0.2, 0.25) is 5.02 Å². The van der Waals surface area contributed by atoms with E-state index >= 15 is 0 Å². The monoisotopic (exact) mass is 570 g/mol. The highest BCUT2D eigenvalue weighted by Gasteiger charge is 2.37. The lowest BCUT2D eigenvalue weighted by Gasteiger charge is -2.17. The van der Waals surface area contributed by atoms with E-state index in [1.165, 1.54) is 42.4 Å². The van der Waals surface area contributed by atoms with Crippen molar-refractivity contribution in [3.63, 3.8) is 0 Å². The fraction of sp³-hybridized carbons (Fsp3) is 0.214. The third-order valence-electron chi connectivity index (χ3n) is 6.21. The second-order valence-corrected chi connectivity index (χ2v) is 10.9. The van der Waals surface area contributed by atoms with E-state index in [0.29, 0.717) is 29.4 Å². The maximum Gasteiger partial charge on any atom is 0.340 e. The van der Waals surface area contributed by atoms with Crippen LogP contribution in [-0.4, -0.2) is 46.0 Å². The zero-order chi connectivity index (χ0) is 28.2. The van der Waals surface area contributed by atoms with Gasteiger partial charge in [0.05, 0.1) is 36.8 Å². The van der Waals surface area contributed by atoms with Gasteiger partial charge in [-0.05, 0) is 73.5 Å². The lowest BCUT2D eigenvalue weighted by molar-refractivity contribution is -0.136. The highest BCUT2D eigenvalue weighted by atomic mass is 35.5. The van der Waals surface area contributed by atoms with E-state index in [1.54, 1.807) is 26.2 Å². The minimum atomic E-state index is -3.79. The Hall–Kier alpha value is -3.86. The maximum absolute atomic E-state index is 13.4. The summed E-state index contributed by atoms with van der Waals surface area (Å²) < 4.78 is 43.4. The number of carbonyl (C=O) groups is 2. The SMILES string of the molecule is COC(=O)C1=C(C)N(CCc2ccc(OC)cc2)C(=O)/C1=C\c1ccc(CNS(=O)(=O)c2ccc(Cl)cc2)o1. The van der Waals surface area contributed by atoms with Gasteiger partial charge < -0.3 is 18.8 Å². The highest BCUT2D eigenvalue weighted by molar-refractivity contribution is 7.89. The van der Waals surface area contributed by atoms with Crippen LogP contribution in [0.3, 0.4) is 0 Å². The van der Waals surface area contributed by atoms with E-state index < -0.39 is 16.0 Å². The maximum atomic E-state index is 13.4. The predicted octanol–water partition coefficient (Wildman–Crippen LogP) is 4.34. The molecule has 39 heavy (non-hydrogen) atoms. The number of furan rings is 1. The quantitative estimate of drug-likeness (QED) is 0.285. The molecule has 1 amide bonds. The number of carbonyl (C=O) groups excluding carboxylic acids is 2. The van der Waals surface area contributed by atoms with Gasteiger partial charge >= 0.3 is 5.97 Å². The minimum Gasteiger partial charge on any atom is -0.497 e. The van der Waals surface area contributed by atoms with Gasteiger partial charge in [0.2, 0.25) is 10.0 Å². The molecular weight excluding hydrogens is 544 g/mol. The van der Waals surface area contributed by atoms with E-state index in [1.807, 2.05) is 24.3 Å². The number of nitrogens with zero attached hydrogens (tertiary/aromatic N) is 1. The summed E-state index contributed by atoms with van der Waals surface area (Å²) in [5.41, 5.74) is 1.77. The fourth-order valence-electron chi connectivity index (χ4n) is 4.10. The van der Waals surface area contributed by atoms with Crippen molar-refractivity contribution in [3.05, 3.63) is 99.6 Å². The summed E-state index contributed by atoms with van der Waals surface area (Å²) in [6.07, 6.45) is 2.02. The number of sulfonamides is 1. The molecule has 2 aromatic carbocycles. The zero-order valence-electron chi connectivity index (χ0n) is 21.6. The number of esters is 1. The topological polar surface area (TPSA) is 115 Å². The Morgan fingerprint density at radius 2 is 1.74 bits per heavy atom. The summed E-state index contributed by atoms with van der Waals surface area (Å²) in [5.74, 6) is 0.344. The molecule has 1 aliphatic heterocycles. The van der Waals surface area contributed by atoms with E-state index in [0.717, 1.165) is 11.3 Å². The van der Waals surface area contributed by atoms with Crippen molar-refractivity contribution >= 4 is 39.6 Å². The molecule has 1 aromatic heterocycles. The number of halogens is 1. The zero-order valence-corrected chi connectivity index (χ0v) is 23.1. The summed E-state index contributed by atoms with van der Waals surface area (Å²) in [5, 5.41) is 0.425. The molecule has 9 nitrogen and oxygen atoms in total. The van der Waals surface area contributed by atoms with E-state index in [4.69, 9.17) is 25.5 Å². The van der Waals surface area contributed by atoms with E-state index in [2.05, 4.69) is 4.72 Å². The Morgan fingerprint density at radius 3 is 2.38 bits per heavy atom. The molecular formula is C28H27ClN2O7S. The average molecular weight is 571 g/mol. The predicted molar refractivity (Wildman–Crippen MR) is 145 cm³/mol. The highest BCUT2D eigenvalue weighted by Crippen LogP contribution is 2.32. The van der Waals surface area contributed by atoms with Gasteiger partial charge in [0, 0.05) is 17.3 Å². The third kappa shape index (κ3) is 6.42. The van der Waals surface area contributed by atoms with Crippen molar-refractivity contribution in [2.45, 2.75) is 24.8 Å². The van der Waals surface area contributed by atoms with Crippen LogP contribution in [0.25, 0.3) is 6.08 Å². The number of methoxy groups -OCH3 is 2. The molecule has 4 rings (SSSR count). The summed E-state index contributed by atoms with van der Waals surface area (Å²) in [6.45, 7) is 1.93. The molecule has 0 radical (unpaired) electrons. The van der Waals surface area contributed by atoms with Crippen LogP contribution in [0, 0.1) is 0 Å². The molecule has 0 unspecified atom stereocenters. The molecule has 1 aliphatic rings. The average Bonchev–Trinajstić information content (AvgIpc) is 3.48. The number of allylic oxidation sites excluding steroid dienone is 1. The van der Waals surface area contributed by atoms with Crippen LogP contribution in [0.1, 0.15) is 24.0 Å². The molecule has 0 bridgehead atoms. The first kappa shape index (κ1) is 28.2. The molecule has 2 heterocycles. The van der Waals surface area contributed by atoms with Gasteiger partial charge in [0.1, 0.15) is 17.3 Å². The number of benzene rings is 2.